The summed E-state index contributed by atoms with van der Waals surface area (Å²) < 4.78 is 23.4. The summed E-state index contributed by atoms with van der Waals surface area (Å²) in [5, 5.41) is 5.29. The molecule has 0 atom stereocenters. The van der Waals surface area contributed by atoms with E-state index in [0.717, 1.165) is 24.0 Å². The predicted octanol–water partition coefficient (Wildman–Crippen LogP) is 4.02. The first-order valence-corrected chi connectivity index (χ1v) is 10.1. The van der Waals surface area contributed by atoms with Crippen molar-refractivity contribution in [3.8, 4) is 0 Å². The summed E-state index contributed by atoms with van der Waals surface area (Å²) in [6.07, 6.45) is 4.03. The van der Waals surface area contributed by atoms with Gasteiger partial charge in [0.1, 0.15) is 0 Å². The van der Waals surface area contributed by atoms with Gasteiger partial charge in [0.05, 0.1) is 4.90 Å². The van der Waals surface area contributed by atoms with Crippen molar-refractivity contribution in [1.29, 1.82) is 0 Å². The Morgan fingerprint density at radius 3 is 1.92 bits per heavy atom. The third-order valence-electron chi connectivity index (χ3n) is 4.78. The van der Waals surface area contributed by atoms with E-state index in [1.165, 1.54) is 28.3 Å². The summed E-state index contributed by atoms with van der Waals surface area (Å²) in [6.45, 7) is 0. The van der Waals surface area contributed by atoms with Crippen LogP contribution in [0.1, 0.15) is 27.8 Å². The van der Waals surface area contributed by atoms with Crippen molar-refractivity contribution < 1.29 is 8.42 Å². The second kappa shape index (κ2) is 6.56. The van der Waals surface area contributed by atoms with E-state index in [1.54, 1.807) is 12.1 Å². The van der Waals surface area contributed by atoms with Crippen LogP contribution in [-0.2, 0) is 22.9 Å². The Labute approximate surface area is 153 Å². The van der Waals surface area contributed by atoms with E-state index >= 15 is 0 Å². The molecule has 130 valence electrons. The third kappa shape index (κ3) is 3.21. The molecule has 0 aliphatic heterocycles. The molecule has 4 rings (SSSR count). The molecule has 0 fully saturated rings. The minimum absolute atomic E-state index is 0.127. The van der Waals surface area contributed by atoms with Crippen LogP contribution in [0.4, 0.5) is 0 Å². The lowest BCUT2D eigenvalue weighted by Crippen LogP contribution is -2.11. The van der Waals surface area contributed by atoms with E-state index in [4.69, 9.17) is 5.14 Å². The summed E-state index contributed by atoms with van der Waals surface area (Å²) in [7, 11) is -3.72. The molecule has 0 saturated heterocycles. The van der Waals surface area contributed by atoms with Crippen LogP contribution in [0.3, 0.4) is 0 Å². The minimum atomic E-state index is -3.72. The smallest absolute Gasteiger partial charge is 0.225 e. The lowest BCUT2D eigenvalue weighted by atomic mass is 9.92. The molecule has 0 heterocycles. The van der Waals surface area contributed by atoms with Crippen LogP contribution in [0.15, 0.2) is 77.7 Å². The predicted molar refractivity (Wildman–Crippen MR) is 105 cm³/mol. The zero-order valence-corrected chi connectivity index (χ0v) is 15.0. The second-order valence-electron chi connectivity index (χ2n) is 6.49. The Kier molecular flexibility index (Phi) is 4.23. The Hall–Kier alpha value is -2.69. The monoisotopic (exact) mass is 361 g/mol. The second-order valence-corrected chi connectivity index (χ2v) is 8.05. The Morgan fingerprint density at radius 1 is 0.769 bits per heavy atom. The average molecular weight is 361 g/mol. The first-order valence-electron chi connectivity index (χ1n) is 8.53. The average Bonchev–Trinajstić information content (AvgIpc) is 2.79. The van der Waals surface area contributed by atoms with Crippen LogP contribution >= 0.6 is 0 Å². The highest BCUT2D eigenvalue weighted by molar-refractivity contribution is 7.89. The van der Waals surface area contributed by atoms with E-state index in [9.17, 15) is 8.42 Å². The summed E-state index contributed by atoms with van der Waals surface area (Å²) in [5.41, 5.74) is 6.92. The first kappa shape index (κ1) is 16.8. The van der Waals surface area contributed by atoms with Crippen LogP contribution in [-0.4, -0.2) is 8.42 Å². The molecule has 0 saturated carbocycles. The number of sulfonamides is 1. The molecule has 0 unspecified atom stereocenters. The van der Waals surface area contributed by atoms with Crippen molar-refractivity contribution >= 4 is 21.7 Å². The Balaban J connectivity index is 1.95. The molecule has 2 N–H and O–H groups in total. The van der Waals surface area contributed by atoms with Gasteiger partial charge in [0, 0.05) is 0 Å². The van der Waals surface area contributed by atoms with E-state index in [2.05, 4.69) is 42.5 Å². The molecule has 4 heteroatoms. The van der Waals surface area contributed by atoms with Gasteiger partial charge in [-0.2, -0.15) is 0 Å². The van der Waals surface area contributed by atoms with Gasteiger partial charge in [-0.05, 0) is 64.4 Å². The maximum atomic E-state index is 11.7. The summed E-state index contributed by atoms with van der Waals surface area (Å²) >= 11 is 0. The topological polar surface area (TPSA) is 60.2 Å². The molecule has 0 radical (unpaired) electrons. The van der Waals surface area contributed by atoms with Crippen molar-refractivity contribution in [1.82, 2.24) is 0 Å². The van der Waals surface area contributed by atoms with E-state index < -0.39 is 10.0 Å². The molecule has 3 aromatic carbocycles. The molecule has 1 aliphatic rings. The number of aryl methyl sites for hydroxylation is 2. The van der Waals surface area contributed by atoms with Crippen molar-refractivity contribution in [2.24, 2.45) is 5.14 Å². The zero-order valence-electron chi connectivity index (χ0n) is 14.2. The molecular formula is C22H19NO2S. The quantitative estimate of drug-likeness (QED) is 0.749. The van der Waals surface area contributed by atoms with Gasteiger partial charge >= 0.3 is 0 Å². The highest BCUT2D eigenvalue weighted by Crippen LogP contribution is 2.34. The van der Waals surface area contributed by atoms with Crippen molar-refractivity contribution in [2.75, 3.05) is 0 Å². The molecule has 0 aromatic heterocycles. The van der Waals surface area contributed by atoms with Gasteiger partial charge in [-0.1, -0.05) is 60.7 Å². The van der Waals surface area contributed by atoms with Crippen molar-refractivity contribution in [2.45, 2.75) is 17.7 Å². The highest BCUT2D eigenvalue weighted by atomic mass is 32.2. The van der Waals surface area contributed by atoms with Gasteiger partial charge in [0.15, 0.2) is 0 Å². The van der Waals surface area contributed by atoms with Gasteiger partial charge in [0.25, 0.3) is 0 Å². The molecule has 3 aromatic rings. The van der Waals surface area contributed by atoms with Crippen LogP contribution in [0.2, 0.25) is 0 Å². The molecular weight excluding hydrogens is 342 g/mol. The number of hydrogen-bond donors (Lipinski definition) is 1. The van der Waals surface area contributed by atoms with E-state index in [-0.39, 0.29) is 4.90 Å². The highest BCUT2D eigenvalue weighted by Gasteiger charge is 2.17. The molecule has 3 nitrogen and oxygen atoms in total. The fourth-order valence-corrected chi connectivity index (χ4v) is 4.09. The molecule has 26 heavy (non-hydrogen) atoms. The lowest BCUT2D eigenvalue weighted by molar-refractivity contribution is 0.598. The van der Waals surface area contributed by atoms with Gasteiger partial charge in [-0.3, -0.25) is 0 Å². The SMILES string of the molecule is NS(=O)(=O)c1cccc(C=C2c3ccccc3CCc3ccccc32)c1. The van der Waals surface area contributed by atoms with Crippen LogP contribution < -0.4 is 5.14 Å². The maximum Gasteiger partial charge on any atom is 0.238 e. The van der Waals surface area contributed by atoms with Gasteiger partial charge in [-0.15, -0.1) is 0 Å². The third-order valence-corrected chi connectivity index (χ3v) is 5.69. The van der Waals surface area contributed by atoms with Crippen LogP contribution in [0.5, 0.6) is 0 Å². The normalized spacial score (nSPS) is 13.5. The number of rotatable bonds is 2. The Bertz CT molecular complexity index is 1060. The largest absolute Gasteiger partial charge is 0.238 e. The van der Waals surface area contributed by atoms with Crippen molar-refractivity contribution in [3.63, 3.8) is 0 Å². The van der Waals surface area contributed by atoms with Gasteiger partial charge in [0.2, 0.25) is 10.0 Å². The minimum Gasteiger partial charge on any atom is -0.225 e. The fraction of sp³-hybridized carbons (Fsp3) is 0.0909. The molecule has 0 bridgehead atoms. The summed E-state index contributed by atoms with van der Waals surface area (Å²) in [4.78, 5) is 0.127. The lowest BCUT2D eigenvalue weighted by Gasteiger charge is -2.12. The van der Waals surface area contributed by atoms with Crippen molar-refractivity contribution in [3.05, 3.63) is 101 Å². The number of benzene rings is 3. The summed E-state index contributed by atoms with van der Waals surface area (Å²) in [5.74, 6) is 0. The number of fused-ring (bicyclic) bond motifs is 2. The fourth-order valence-electron chi connectivity index (χ4n) is 3.52. The van der Waals surface area contributed by atoms with Gasteiger partial charge < -0.3 is 0 Å². The van der Waals surface area contributed by atoms with Crippen LogP contribution in [0.25, 0.3) is 11.6 Å². The number of primary sulfonamides is 1. The number of nitrogens with two attached hydrogens (primary N) is 1. The molecule has 0 amide bonds. The first-order chi connectivity index (χ1) is 12.5. The Morgan fingerprint density at radius 2 is 1.35 bits per heavy atom. The van der Waals surface area contributed by atoms with Gasteiger partial charge in [-0.25, -0.2) is 13.6 Å². The van der Waals surface area contributed by atoms with Crippen LogP contribution in [0, 0.1) is 0 Å². The standard InChI is InChI=1S/C22H19NO2S/c23-26(24,25)19-9-5-6-16(14-19)15-22-20-10-3-1-7-17(20)12-13-18-8-2-4-11-21(18)22/h1-11,14-15H,12-13H2,(H2,23,24,25). The van der Waals surface area contributed by atoms with E-state index in [0.29, 0.717) is 0 Å². The van der Waals surface area contributed by atoms with E-state index in [1.807, 2.05) is 18.2 Å². The molecule has 0 spiro atoms. The number of hydrogen-bond acceptors (Lipinski definition) is 2. The molecule has 1 aliphatic carbocycles. The maximum absolute atomic E-state index is 11.7. The summed E-state index contributed by atoms with van der Waals surface area (Å²) in [6, 6.07) is 23.6. The zero-order chi connectivity index (χ0) is 18.1.